The number of carbonyl (C=O) groups is 1. The normalized spacial score (nSPS) is 15.4. The van der Waals surface area contributed by atoms with Crippen LogP contribution in [0.2, 0.25) is 0 Å². The van der Waals surface area contributed by atoms with Gasteiger partial charge in [0.2, 0.25) is 5.91 Å². The second kappa shape index (κ2) is 9.65. The average Bonchev–Trinajstić information content (AvgIpc) is 3.08. The topological polar surface area (TPSA) is 59.8 Å². The van der Waals surface area contributed by atoms with Crippen LogP contribution in [0.3, 0.4) is 0 Å². The third-order valence-electron chi connectivity index (χ3n) is 5.14. The molecule has 2 aromatic rings. The van der Waals surface area contributed by atoms with E-state index in [0.717, 1.165) is 18.3 Å². The summed E-state index contributed by atoms with van der Waals surface area (Å²) in [5, 5.41) is 11.5. The highest BCUT2D eigenvalue weighted by atomic mass is 32.2. The Balaban J connectivity index is 1.61. The lowest BCUT2D eigenvalue weighted by atomic mass is 9.87. The Morgan fingerprint density at radius 3 is 2.62 bits per heavy atom. The van der Waals surface area contributed by atoms with Gasteiger partial charge in [0, 0.05) is 13.0 Å². The van der Waals surface area contributed by atoms with Gasteiger partial charge >= 0.3 is 6.18 Å². The number of carbonyl (C=O) groups excluding carboxylic acids is 1. The molecule has 1 aliphatic carbocycles. The first-order chi connectivity index (χ1) is 13.9. The van der Waals surface area contributed by atoms with E-state index in [1.165, 1.54) is 62.1 Å². The van der Waals surface area contributed by atoms with Crippen LogP contribution in [0.1, 0.15) is 50.4 Å². The van der Waals surface area contributed by atoms with Crippen LogP contribution in [-0.4, -0.2) is 26.4 Å². The van der Waals surface area contributed by atoms with Gasteiger partial charge in [-0.3, -0.25) is 4.79 Å². The van der Waals surface area contributed by atoms with Crippen LogP contribution in [0.5, 0.6) is 0 Å². The lowest BCUT2D eigenvalue weighted by Gasteiger charge is -2.21. The Hall–Kier alpha value is -2.03. The van der Waals surface area contributed by atoms with Gasteiger partial charge < -0.3 is 9.88 Å². The van der Waals surface area contributed by atoms with Crippen molar-refractivity contribution in [3.05, 3.63) is 35.7 Å². The van der Waals surface area contributed by atoms with E-state index in [1.54, 1.807) is 0 Å². The Bertz CT molecular complexity index is 831. The maximum atomic E-state index is 13.1. The SMILES string of the molecule is CCn1c(CC2CCCCC2)nnc1SCC(=O)Nc1ccccc1C(F)(F)F. The van der Waals surface area contributed by atoms with Crippen LogP contribution in [0.4, 0.5) is 18.9 Å². The fourth-order valence-electron chi connectivity index (χ4n) is 3.70. The molecule has 3 rings (SSSR count). The molecule has 1 amide bonds. The summed E-state index contributed by atoms with van der Waals surface area (Å²) in [6.07, 6.45) is 2.59. The van der Waals surface area contributed by atoms with E-state index in [-0.39, 0.29) is 11.4 Å². The lowest BCUT2D eigenvalue weighted by molar-refractivity contribution is -0.137. The number of amides is 1. The Morgan fingerprint density at radius 1 is 1.21 bits per heavy atom. The van der Waals surface area contributed by atoms with Crippen molar-refractivity contribution in [3.8, 4) is 0 Å². The summed E-state index contributed by atoms with van der Waals surface area (Å²) in [5.74, 6) is 1.00. The van der Waals surface area contributed by atoms with Crippen LogP contribution >= 0.6 is 11.8 Å². The fraction of sp³-hybridized carbons (Fsp3) is 0.550. The maximum Gasteiger partial charge on any atom is 0.418 e. The summed E-state index contributed by atoms with van der Waals surface area (Å²) in [6.45, 7) is 2.69. The molecule has 1 heterocycles. The number of thioether (sulfide) groups is 1. The summed E-state index contributed by atoms with van der Waals surface area (Å²) in [5.41, 5.74) is -1.09. The van der Waals surface area contributed by atoms with E-state index in [9.17, 15) is 18.0 Å². The number of nitrogens with one attached hydrogen (secondary N) is 1. The van der Waals surface area contributed by atoms with Gasteiger partial charge in [-0.2, -0.15) is 13.2 Å². The molecule has 0 bridgehead atoms. The fourth-order valence-corrected chi connectivity index (χ4v) is 4.52. The van der Waals surface area contributed by atoms with Crippen molar-refractivity contribution in [3.63, 3.8) is 0 Å². The molecule has 1 aliphatic rings. The highest BCUT2D eigenvalue weighted by Gasteiger charge is 2.33. The van der Waals surface area contributed by atoms with Crippen molar-refractivity contribution < 1.29 is 18.0 Å². The average molecular weight is 427 g/mol. The van der Waals surface area contributed by atoms with E-state index in [2.05, 4.69) is 15.5 Å². The highest BCUT2D eigenvalue weighted by molar-refractivity contribution is 7.99. The van der Waals surface area contributed by atoms with Crippen molar-refractivity contribution in [1.29, 1.82) is 0 Å². The van der Waals surface area contributed by atoms with Crippen LogP contribution in [0.15, 0.2) is 29.4 Å². The molecule has 0 radical (unpaired) electrons. The number of rotatable bonds is 7. The van der Waals surface area contributed by atoms with Crippen molar-refractivity contribution >= 4 is 23.4 Å². The Kier molecular flexibility index (Phi) is 7.21. The zero-order chi connectivity index (χ0) is 20.9. The molecular weight excluding hydrogens is 401 g/mol. The standard InChI is InChI=1S/C20H25F3N4OS/c1-2-27-17(12-14-8-4-3-5-9-14)25-26-19(27)29-13-18(28)24-16-11-7-6-10-15(16)20(21,22)23/h6-7,10-11,14H,2-5,8-9,12-13H2,1H3,(H,24,28). The molecule has 29 heavy (non-hydrogen) atoms. The van der Waals surface area contributed by atoms with Crippen molar-refractivity contribution in [2.24, 2.45) is 5.92 Å². The Morgan fingerprint density at radius 2 is 1.93 bits per heavy atom. The van der Waals surface area contributed by atoms with Crippen LogP contribution in [0, 0.1) is 5.92 Å². The van der Waals surface area contributed by atoms with E-state index >= 15 is 0 Å². The molecule has 9 heteroatoms. The molecule has 1 aromatic carbocycles. The number of anilines is 1. The number of hydrogen-bond donors (Lipinski definition) is 1. The van der Waals surface area contributed by atoms with Gasteiger partial charge in [-0.15, -0.1) is 10.2 Å². The van der Waals surface area contributed by atoms with Gasteiger partial charge in [-0.05, 0) is 25.0 Å². The molecule has 158 valence electrons. The highest BCUT2D eigenvalue weighted by Crippen LogP contribution is 2.34. The predicted molar refractivity (Wildman–Crippen MR) is 107 cm³/mol. The molecular formula is C20H25F3N4OS. The smallest absolute Gasteiger partial charge is 0.325 e. The molecule has 0 saturated heterocycles. The zero-order valence-electron chi connectivity index (χ0n) is 16.3. The number of para-hydroxylation sites is 1. The Labute approximate surface area is 172 Å². The van der Waals surface area contributed by atoms with Gasteiger partial charge in [-0.25, -0.2) is 0 Å². The minimum Gasteiger partial charge on any atom is -0.325 e. The molecule has 5 nitrogen and oxygen atoms in total. The van der Waals surface area contributed by atoms with Gasteiger partial charge in [0.1, 0.15) is 5.82 Å². The molecule has 0 unspecified atom stereocenters. The number of hydrogen-bond acceptors (Lipinski definition) is 4. The molecule has 0 aliphatic heterocycles. The molecule has 0 spiro atoms. The zero-order valence-corrected chi connectivity index (χ0v) is 17.2. The van der Waals surface area contributed by atoms with Crippen molar-refractivity contribution in [2.75, 3.05) is 11.1 Å². The number of aromatic nitrogens is 3. The third kappa shape index (κ3) is 5.74. The first-order valence-electron chi connectivity index (χ1n) is 9.89. The van der Waals surface area contributed by atoms with Gasteiger partial charge in [0.15, 0.2) is 5.16 Å². The quantitative estimate of drug-likeness (QED) is 0.621. The van der Waals surface area contributed by atoms with E-state index in [0.29, 0.717) is 17.6 Å². The van der Waals surface area contributed by atoms with Crippen LogP contribution in [0.25, 0.3) is 0 Å². The number of halogens is 3. The van der Waals surface area contributed by atoms with E-state index in [1.807, 2.05) is 11.5 Å². The summed E-state index contributed by atoms with van der Waals surface area (Å²) < 4.78 is 41.2. The molecule has 0 atom stereocenters. The molecule has 1 N–H and O–H groups in total. The minimum atomic E-state index is -4.52. The molecule has 1 aromatic heterocycles. The number of alkyl halides is 3. The number of nitrogens with zero attached hydrogens (tertiary/aromatic N) is 3. The van der Waals surface area contributed by atoms with E-state index < -0.39 is 17.6 Å². The minimum absolute atomic E-state index is 0.0340. The van der Waals surface area contributed by atoms with Crippen LogP contribution < -0.4 is 5.32 Å². The second-order valence-electron chi connectivity index (χ2n) is 7.23. The van der Waals surface area contributed by atoms with Gasteiger partial charge in [0.05, 0.1) is 17.0 Å². The maximum absolute atomic E-state index is 13.1. The third-order valence-corrected chi connectivity index (χ3v) is 6.11. The van der Waals surface area contributed by atoms with E-state index in [4.69, 9.17) is 0 Å². The monoisotopic (exact) mass is 426 g/mol. The second-order valence-corrected chi connectivity index (χ2v) is 8.17. The lowest BCUT2D eigenvalue weighted by Crippen LogP contribution is -2.18. The van der Waals surface area contributed by atoms with Crippen molar-refractivity contribution in [2.45, 2.75) is 63.3 Å². The number of benzene rings is 1. The largest absolute Gasteiger partial charge is 0.418 e. The summed E-state index contributed by atoms with van der Waals surface area (Å²) >= 11 is 1.19. The molecule has 1 saturated carbocycles. The summed E-state index contributed by atoms with van der Waals surface area (Å²) in [7, 11) is 0. The summed E-state index contributed by atoms with van der Waals surface area (Å²) in [4.78, 5) is 12.2. The first kappa shape index (κ1) is 21.7. The summed E-state index contributed by atoms with van der Waals surface area (Å²) in [6, 6.07) is 4.96. The predicted octanol–water partition coefficient (Wildman–Crippen LogP) is 5.17. The van der Waals surface area contributed by atoms with Gasteiger partial charge in [-0.1, -0.05) is 56.0 Å². The molecule has 1 fully saturated rings. The van der Waals surface area contributed by atoms with Crippen LogP contribution in [-0.2, 0) is 23.9 Å². The first-order valence-corrected chi connectivity index (χ1v) is 10.9. The van der Waals surface area contributed by atoms with Crippen molar-refractivity contribution in [1.82, 2.24) is 14.8 Å². The van der Waals surface area contributed by atoms with Gasteiger partial charge in [0.25, 0.3) is 0 Å².